The largest absolute Gasteiger partial charge is 0.333 e. The van der Waals surface area contributed by atoms with Gasteiger partial charge in [0.05, 0.1) is 11.0 Å². The van der Waals surface area contributed by atoms with Crippen molar-refractivity contribution < 1.29 is 4.39 Å². The van der Waals surface area contributed by atoms with Crippen LogP contribution in [0, 0.1) is 5.82 Å². The number of thioether (sulfide) groups is 1. The lowest BCUT2D eigenvalue weighted by atomic mass is 10.1. The van der Waals surface area contributed by atoms with Crippen molar-refractivity contribution in [3.8, 4) is 0 Å². The second-order valence-electron chi connectivity index (χ2n) is 5.18. The van der Waals surface area contributed by atoms with Crippen LogP contribution in [0.5, 0.6) is 0 Å². The van der Waals surface area contributed by atoms with Gasteiger partial charge in [-0.1, -0.05) is 48.2 Å². The molecule has 2 nitrogen and oxygen atoms in total. The molecule has 0 aliphatic rings. The van der Waals surface area contributed by atoms with Crippen LogP contribution in [0.2, 0.25) is 0 Å². The van der Waals surface area contributed by atoms with E-state index in [-0.39, 0.29) is 5.82 Å². The highest BCUT2D eigenvalue weighted by molar-refractivity contribution is 7.98. The molecule has 0 saturated carbocycles. The van der Waals surface area contributed by atoms with Crippen molar-refractivity contribution in [1.82, 2.24) is 9.97 Å². The zero-order valence-corrected chi connectivity index (χ0v) is 12.5. The molecule has 0 saturated heterocycles. The normalized spacial score (nSPS) is 11.3. The van der Waals surface area contributed by atoms with Crippen LogP contribution in [0.25, 0.3) is 21.8 Å². The molecule has 0 radical (unpaired) electrons. The Labute approximate surface area is 131 Å². The Hall–Kier alpha value is -2.33. The number of benzene rings is 3. The number of H-pyrrole nitrogens is 1. The number of hydrogen-bond acceptors (Lipinski definition) is 2. The summed E-state index contributed by atoms with van der Waals surface area (Å²) in [6.45, 7) is 0. The molecule has 3 aromatic carbocycles. The fraction of sp³-hybridized carbons (Fsp3) is 0.0556. The van der Waals surface area contributed by atoms with Crippen molar-refractivity contribution >= 4 is 33.6 Å². The second-order valence-corrected chi connectivity index (χ2v) is 6.14. The Morgan fingerprint density at radius 3 is 2.59 bits per heavy atom. The first-order valence-corrected chi connectivity index (χ1v) is 8.02. The Morgan fingerprint density at radius 1 is 0.955 bits per heavy atom. The lowest BCUT2D eigenvalue weighted by Gasteiger charge is -1.98. The quantitative estimate of drug-likeness (QED) is 0.530. The van der Waals surface area contributed by atoms with Crippen LogP contribution in [0.3, 0.4) is 0 Å². The Morgan fingerprint density at radius 2 is 1.77 bits per heavy atom. The summed E-state index contributed by atoms with van der Waals surface area (Å²) >= 11 is 1.58. The number of aromatic nitrogens is 2. The van der Waals surface area contributed by atoms with E-state index in [0.717, 1.165) is 21.8 Å². The number of nitrogens with one attached hydrogen (secondary N) is 1. The lowest BCUT2D eigenvalue weighted by molar-refractivity contribution is 0.626. The van der Waals surface area contributed by atoms with E-state index in [0.29, 0.717) is 5.75 Å². The van der Waals surface area contributed by atoms with Gasteiger partial charge < -0.3 is 4.98 Å². The maximum atomic E-state index is 13.2. The third-order valence-corrected chi connectivity index (χ3v) is 4.54. The van der Waals surface area contributed by atoms with Crippen molar-refractivity contribution in [2.24, 2.45) is 0 Å². The molecule has 0 amide bonds. The molecule has 0 unspecified atom stereocenters. The van der Waals surface area contributed by atoms with Gasteiger partial charge in [-0.3, -0.25) is 0 Å². The first-order chi connectivity index (χ1) is 10.8. The van der Waals surface area contributed by atoms with E-state index in [1.54, 1.807) is 23.9 Å². The Kier molecular flexibility index (Phi) is 3.31. The van der Waals surface area contributed by atoms with Crippen molar-refractivity contribution in [2.45, 2.75) is 10.9 Å². The minimum Gasteiger partial charge on any atom is -0.333 e. The summed E-state index contributed by atoms with van der Waals surface area (Å²) in [5.41, 5.74) is 2.94. The summed E-state index contributed by atoms with van der Waals surface area (Å²) in [7, 11) is 0. The number of aromatic amines is 1. The highest BCUT2D eigenvalue weighted by Crippen LogP contribution is 2.26. The van der Waals surface area contributed by atoms with Gasteiger partial charge in [-0.15, -0.1) is 0 Å². The van der Waals surface area contributed by atoms with E-state index in [4.69, 9.17) is 0 Å². The number of rotatable bonds is 3. The third-order valence-electron chi connectivity index (χ3n) is 3.59. The maximum absolute atomic E-state index is 13.2. The summed E-state index contributed by atoms with van der Waals surface area (Å²) in [6, 6.07) is 19.1. The fourth-order valence-corrected chi connectivity index (χ4v) is 3.35. The van der Waals surface area contributed by atoms with Gasteiger partial charge in [0.1, 0.15) is 5.82 Å². The summed E-state index contributed by atoms with van der Waals surface area (Å²) in [4.78, 5) is 7.94. The molecule has 0 aliphatic carbocycles. The monoisotopic (exact) mass is 308 g/mol. The standard InChI is InChI=1S/C18H13FN2S/c19-15-7-3-4-12(8-15)11-22-18-20-16-9-13-5-1-2-6-14(13)10-17(16)21-18/h1-10H,11H2,(H,20,21). The molecular weight excluding hydrogens is 295 g/mol. The SMILES string of the molecule is Fc1cccc(CSc2nc3cc4ccccc4cc3[nH]2)c1. The van der Waals surface area contributed by atoms with Crippen LogP contribution in [0.1, 0.15) is 5.56 Å². The van der Waals surface area contributed by atoms with E-state index in [1.165, 1.54) is 16.8 Å². The molecule has 0 fully saturated rings. The van der Waals surface area contributed by atoms with Gasteiger partial charge in [-0.2, -0.15) is 0 Å². The summed E-state index contributed by atoms with van der Waals surface area (Å²) in [5, 5.41) is 3.23. The van der Waals surface area contributed by atoms with Crippen molar-refractivity contribution in [1.29, 1.82) is 0 Å². The summed E-state index contributed by atoms with van der Waals surface area (Å²) in [6.07, 6.45) is 0. The zero-order chi connectivity index (χ0) is 14.9. The topological polar surface area (TPSA) is 28.7 Å². The molecule has 4 rings (SSSR count). The van der Waals surface area contributed by atoms with Gasteiger partial charge in [0.25, 0.3) is 0 Å². The van der Waals surface area contributed by atoms with Crippen LogP contribution in [0.15, 0.2) is 65.8 Å². The molecule has 4 aromatic rings. The van der Waals surface area contributed by atoms with Gasteiger partial charge in [-0.05, 0) is 40.6 Å². The smallest absolute Gasteiger partial charge is 0.166 e. The van der Waals surface area contributed by atoms with Gasteiger partial charge in [0.2, 0.25) is 0 Å². The number of hydrogen-bond donors (Lipinski definition) is 1. The predicted molar refractivity (Wildman–Crippen MR) is 89.6 cm³/mol. The number of halogens is 1. The van der Waals surface area contributed by atoms with Crippen LogP contribution in [0.4, 0.5) is 4.39 Å². The van der Waals surface area contributed by atoms with Gasteiger partial charge in [0, 0.05) is 5.75 Å². The molecular formula is C18H13FN2S. The average molecular weight is 308 g/mol. The van der Waals surface area contributed by atoms with E-state index in [9.17, 15) is 4.39 Å². The van der Waals surface area contributed by atoms with Crippen molar-refractivity contribution in [3.63, 3.8) is 0 Å². The highest BCUT2D eigenvalue weighted by atomic mass is 32.2. The molecule has 108 valence electrons. The molecule has 22 heavy (non-hydrogen) atoms. The molecule has 1 heterocycles. The minimum atomic E-state index is -0.200. The first kappa shape index (κ1) is 13.3. The van der Waals surface area contributed by atoms with Crippen molar-refractivity contribution in [2.75, 3.05) is 0 Å². The number of imidazole rings is 1. The van der Waals surface area contributed by atoms with Crippen LogP contribution in [-0.4, -0.2) is 9.97 Å². The molecule has 4 heteroatoms. The Balaban J connectivity index is 1.63. The average Bonchev–Trinajstić information content (AvgIpc) is 2.92. The summed E-state index contributed by atoms with van der Waals surface area (Å²) < 4.78 is 13.2. The Bertz CT molecular complexity index is 909. The first-order valence-electron chi connectivity index (χ1n) is 7.04. The zero-order valence-electron chi connectivity index (χ0n) is 11.7. The lowest BCUT2D eigenvalue weighted by Crippen LogP contribution is -1.83. The minimum absolute atomic E-state index is 0.200. The van der Waals surface area contributed by atoms with Gasteiger partial charge in [0.15, 0.2) is 5.16 Å². The number of nitrogens with zero attached hydrogens (tertiary/aromatic N) is 1. The molecule has 1 aromatic heterocycles. The van der Waals surface area contributed by atoms with Gasteiger partial charge in [-0.25, -0.2) is 9.37 Å². The predicted octanol–water partition coefficient (Wildman–Crippen LogP) is 5.15. The maximum Gasteiger partial charge on any atom is 0.166 e. The van der Waals surface area contributed by atoms with E-state index in [2.05, 4.69) is 34.2 Å². The van der Waals surface area contributed by atoms with E-state index < -0.39 is 0 Å². The molecule has 0 atom stereocenters. The highest BCUT2D eigenvalue weighted by Gasteiger charge is 2.06. The fourth-order valence-electron chi connectivity index (χ4n) is 2.52. The molecule has 1 N–H and O–H groups in total. The number of fused-ring (bicyclic) bond motifs is 2. The molecule has 0 spiro atoms. The third kappa shape index (κ3) is 2.57. The van der Waals surface area contributed by atoms with Crippen molar-refractivity contribution in [3.05, 3.63) is 72.0 Å². The van der Waals surface area contributed by atoms with E-state index >= 15 is 0 Å². The van der Waals surface area contributed by atoms with Crippen LogP contribution < -0.4 is 0 Å². The second kappa shape index (κ2) is 5.46. The molecule has 0 bridgehead atoms. The van der Waals surface area contributed by atoms with E-state index in [1.807, 2.05) is 18.2 Å². The molecule has 0 aliphatic heterocycles. The van der Waals surface area contributed by atoms with Crippen LogP contribution in [-0.2, 0) is 5.75 Å². The van der Waals surface area contributed by atoms with Gasteiger partial charge >= 0.3 is 0 Å². The summed E-state index contributed by atoms with van der Waals surface area (Å²) in [5.74, 6) is 0.492. The van der Waals surface area contributed by atoms with Crippen LogP contribution >= 0.6 is 11.8 Å².